The average molecular weight is 236 g/mol. The van der Waals surface area contributed by atoms with Crippen LogP contribution in [0.3, 0.4) is 0 Å². The summed E-state index contributed by atoms with van der Waals surface area (Å²) in [6, 6.07) is 11.9. The van der Waals surface area contributed by atoms with Gasteiger partial charge in [0.1, 0.15) is 6.07 Å². The molecule has 18 heavy (non-hydrogen) atoms. The molecule has 0 bridgehead atoms. The molecule has 0 radical (unpaired) electrons. The van der Waals surface area contributed by atoms with Gasteiger partial charge >= 0.3 is 0 Å². The Morgan fingerprint density at radius 3 is 2.33 bits per heavy atom. The third-order valence-electron chi connectivity index (χ3n) is 2.22. The molecule has 0 amide bonds. The van der Waals surface area contributed by atoms with Gasteiger partial charge in [-0.25, -0.2) is 4.98 Å². The van der Waals surface area contributed by atoms with Gasteiger partial charge in [0.15, 0.2) is 5.75 Å². The molecule has 1 aromatic carbocycles. The Hall–Kier alpha value is -3.05. The van der Waals surface area contributed by atoms with E-state index >= 15 is 0 Å². The fourth-order valence-corrected chi connectivity index (χ4v) is 1.33. The van der Waals surface area contributed by atoms with E-state index in [4.69, 9.17) is 21.0 Å². The topological polar surface area (TPSA) is 95.7 Å². The van der Waals surface area contributed by atoms with Crippen LogP contribution in [0, 0.1) is 22.7 Å². The van der Waals surface area contributed by atoms with Gasteiger partial charge in [-0.2, -0.15) is 10.5 Å². The summed E-state index contributed by atoms with van der Waals surface area (Å²) in [6.45, 7) is 0. The highest BCUT2D eigenvalue weighted by Gasteiger charge is 2.04. The van der Waals surface area contributed by atoms with Crippen LogP contribution in [-0.2, 0) is 0 Å². The van der Waals surface area contributed by atoms with Gasteiger partial charge < -0.3 is 10.5 Å². The second-order valence-electron chi connectivity index (χ2n) is 3.46. The molecule has 1 heterocycles. The van der Waals surface area contributed by atoms with Crippen molar-refractivity contribution in [2.45, 2.75) is 0 Å². The van der Waals surface area contributed by atoms with Crippen LogP contribution in [0.4, 0.5) is 5.69 Å². The standard InChI is InChI=1S/C13H8N4O/c14-6-9-1-3-12(11(16)5-9)18-13-4-2-10(7-15)8-17-13/h1-5,8H,16H2. The van der Waals surface area contributed by atoms with Crippen LogP contribution in [0.2, 0.25) is 0 Å². The Morgan fingerprint density at radius 1 is 1.06 bits per heavy atom. The molecular formula is C13H8N4O. The highest BCUT2D eigenvalue weighted by molar-refractivity contribution is 5.57. The maximum absolute atomic E-state index is 8.71. The van der Waals surface area contributed by atoms with E-state index in [0.29, 0.717) is 28.4 Å². The smallest absolute Gasteiger partial charge is 0.219 e. The number of nitriles is 2. The maximum atomic E-state index is 8.71. The summed E-state index contributed by atoms with van der Waals surface area (Å²) in [5.74, 6) is 0.761. The first kappa shape index (κ1) is 11.4. The highest BCUT2D eigenvalue weighted by Crippen LogP contribution is 2.26. The van der Waals surface area contributed by atoms with Crippen molar-refractivity contribution < 1.29 is 4.74 Å². The fraction of sp³-hybridized carbons (Fsp3) is 0. The van der Waals surface area contributed by atoms with Gasteiger partial charge in [0, 0.05) is 12.3 Å². The quantitative estimate of drug-likeness (QED) is 0.806. The average Bonchev–Trinajstić information content (AvgIpc) is 2.42. The summed E-state index contributed by atoms with van der Waals surface area (Å²) in [5.41, 5.74) is 7.03. The Balaban J connectivity index is 2.24. The molecule has 0 saturated heterocycles. The molecule has 2 rings (SSSR count). The SMILES string of the molecule is N#Cc1ccc(Oc2ccc(C#N)cc2N)nc1. The van der Waals surface area contributed by atoms with Crippen LogP contribution in [0.25, 0.3) is 0 Å². The second-order valence-corrected chi connectivity index (χ2v) is 3.46. The maximum Gasteiger partial charge on any atom is 0.219 e. The number of nitrogens with two attached hydrogens (primary N) is 1. The van der Waals surface area contributed by atoms with Crippen molar-refractivity contribution in [3.63, 3.8) is 0 Å². The van der Waals surface area contributed by atoms with Gasteiger partial charge in [-0.05, 0) is 24.3 Å². The first-order valence-electron chi connectivity index (χ1n) is 5.06. The number of hydrogen-bond donors (Lipinski definition) is 1. The first-order chi connectivity index (χ1) is 8.72. The predicted molar refractivity (Wildman–Crippen MR) is 64.6 cm³/mol. The number of pyridine rings is 1. The third-order valence-corrected chi connectivity index (χ3v) is 2.22. The molecule has 5 nitrogen and oxygen atoms in total. The predicted octanol–water partition coefficient (Wildman–Crippen LogP) is 2.20. The molecule has 0 aliphatic heterocycles. The number of rotatable bonds is 2. The summed E-state index contributed by atoms with van der Waals surface area (Å²) in [7, 11) is 0. The van der Waals surface area contributed by atoms with Gasteiger partial charge in [-0.3, -0.25) is 0 Å². The zero-order chi connectivity index (χ0) is 13.0. The van der Waals surface area contributed by atoms with Crippen molar-refractivity contribution in [3.05, 3.63) is 47.7 Å². The lowest BCUT2D eigenvalue weighted by Gasteiger charge is -2.07. The summed E-state index contributed by atoms with van der Waals surface area (Å²) >= 11 is 0. The van der Waals surface area contributed by atoms with Crippen LogP contribution in [0.1, 0.15) is 11.1 Å². The number of nitrogens with zero attached hydrogens (tertiary/aromatic N) is 3. The zero-order valence-electron chi connectivity index (χ0n) is 9.29. The minimum absolute atomic E-state index is 0.338. The van der Waals surface area contributed by atoms with Crippen LogP contribution in [-0.4, -0.2) is 4.98 Å². The van der Waals surface area contributed by atoms with Gasteiger partial charge in [-0.1, -0.05) is 0 Å². The Bertz CT molecular complexity index is 650. The van der Waals surface area contributed by atoms with E-state index in [2.05, 4.69) is 4.98 Å². The molecule has 2 N–H and O–H groups in total. The van der Waals surface area contributed by atoms with Crippen molar-refractivity contribution in [2.75, 3.05) is 5.73 Å². The van der Waals surface area contributed by atoms with E-state index in [-0.39, 0.29) is 0 Å². The molecule has 0 atom stereocenters. The Morgan fingerprint density at radius 2 is 1.78 bits per heavy atom. The molecule has 1 aromatic heterocycles. The van der Waals surface area contributed by atoms with E-state index in [9.17, 15) is 0 Å². The molecule has 0 fully saturated rings. The number of ether oxygens (including phenoxy) is 1. The summed E-state index contributed by atoms with van der Waals surface area (Å²) in [4.78, 5) is 3.96. The van der Waals surface area contributed by atoms with Crippen LogP contribution in [0.15, 0.2) is 36.5 Å². The minimum Gasteiger partial charge on any atom is -0.437 e. The number of aromatic nitrogens is 1. The van der Waals surface area contributed by atoms with Crippen molar-refractivity contribution in [1.29, 1.82) is 10.5 Å². The van der Waals surface area contributed by atoms with Crippen molar-refractivity contribution in [2.24, 2.45) is 0 Å². The number of anilines is 1. The lowest BCUT2D eigenvalue weighted by Crippen LogP contribution is -1.94. The number of hydrogen-bond acceptors (Lipinski definition) is 5. The first-order valence-corrected chi connectivity index (χ1v) is 5.06. The number of benzene rings is 1. The second kappa shape index (κ2) is 4.86. The van der Waals surface area contributed by atoms with E-state index in [1.807, 2.05) is 12.1 Å². The monoisotopic (exact) mass is 236 g/mol. The number of nitrogen functional groups attached to an aromatic ring is 1. The zero-order valence-corrected chi connectivity index (χ0v) is 9.29. The molecule has 5 heteroatoms. The summed E-state index contributed by atoms with van der Waals surface area (Å²) in [6.07, 6.45) is 1.41. The molecule has 2 aromatic rings. The summed E-state index contributed by atoms with van der Waals surface area (Å²) < 4.78 is 5.45. The molecule has 0 aliphatic rings. The molecule has 0 saturated carbocycles. The fourth-order valence-electron chi connectivity index (χ4n) is 1.33. The van der Waals surface area contributed by atoms with Gasteiger partial charge in [0.25, 0.3) is 0 Å². The Kier molecular flexibility index (Phi) is 3.08. The minimum atomic E-state index is 0.338. The summed E-state index contributed by atoms with van der Waals surface area (Å²) in [5, 5.41) is 17.3. The normalized spacial score (nSPS) is 9.22. The van der Waals surface area contributed by atoms with Gasteiger partial charge in [-0.15, -0.1) is 0 Å². The highest BCUT2D eigenvalue weighted by atomic mass is 16.5. The molecule has 0 spiro atoms. The van der Waals surface area contributed by atoms with Crippen molar-refractivity contribution in [3.8, 4) is 23.8 Å². The van der Waals surface area contributed by atoms with E-state index in [0.717, 1.165) is 0 Å². The van der Waals surface area contributed by atoms with Crippen LogP contribution in [0.5, 0.6) is 11.6 Å². The van der Waals surface area contributed by atoms with Crippen molar-refractivity contribution >= 4 is 5.69 Å². The molecular weight excluding hydrogens is 228 g/mol. The lowest BCUT2D eigenvalue weighted by molar-refractivity contribution is 0.465. The Labute approximate surface area is 104 Å². The van der Waals surface area contributed by atoms with E-state index in [1.165, 1.54) is 12.3 Å². The lowest BCUT2D eigenvalue weighted by atomic mass is 10.2. The van der Waals surface area contributed by atoms with E-state index < -0.39 is 0 Å². The largest absolute Gasteiger partial charge is 0.437 e. The van der Waals surface area contributed by atoms with Crippen LogP contribution < -0.4 is 10.5 Å². The molecule has 86 valence electrons. The van der Waals surface area contributed by atoms with Crippen LogP contribution >= 0.6 is 0 Å². The third kappa shape index (κ3) is 2.37. The van der Waals surface area contributed by atoms with E-state index in [1.54, 1.807) is 24.3 Å². The van der Waals surface area contributed by atoms with Crippen molar-refractivity contribution in [1.82, 2.24) is 4.98 Å². The van der Waals surface area contributed by atoms with Gasteiger partial charge in [0.05, 0.1) is 22.9 Å². The molecule has 0 aliphatic carbocycles. The molecule has 0 unspecified atom stereocenters. The van der Waals surface area contributed by atoms with Gasteiger partial charge in [0.2, 0.25) is 5.88 Å².